The highest BCUT2D eigenvalue weighted by Crippen LogP contribution is 2.57. The van der Waals surface area contributed by atoms with Gasteiger partial charge in [0.2, 0.25) is 0 Å². The molecule has 42 heavy (non-hydrogen) atoms. The Balaban J connectivity index is 1.21. The fourth-order valence-corrected chi connectivity index (χ4v) is 18.0. The Bertz CT molecular complexity index is 1770. The second kappa shape index (κ2) is 10.6. The summed E-state index contributed by atoms with van der Waals surface area (Å²) in [6.07, 6.45) is 0.862. The molecule has 0 saturated heterocycles. The van der Waals surface area contributed by atoms with Crippen LogP contribution in [0.3, 0.4) is 0 Å². The molecule has 2 atom stereocenters. The summed E-state index contributed by atoms with van der Waals surface area (Å²) in [6, 6.07) is 43.5. The third-order valence-corrected chi connectivity index (χ3v) is 18.9. The van der Waals surface area contributed by atoms with E-state index in [1.807, 2.05) is 103 Å². The Morgan fingerprint density at radius 2 is 0.881 bits per heavy atom. The van der Waals surface area contributed by atoms with Crippen LogP contribution < -0.4 is 24.8 Å². The largest absolute Gasteiger partial charge is 0.439 e. The molecule has 0 amide bonds. The highest BCUT2D eigenvalue weighted by molar-refractivity contribution is 7.68. The number of hydrogen-bond acceptors (Lipinski definition) is 4. The van der Waals surface area contributed by atoms with Gasteiger partial charge in [0, 0.05) is 23.5 Å². The number of fused-ring (bicyclic) bond motifs is 6. The van der Waals surface area contributed by atoms with E-state index in [2.05, 4.69) is 30.8 Å². The van der Waals surface area contributed by atoms with Crippen molar-refractivity contribution in [3.8, 4) is 33.8 Å². The summed E-state index contributed by atoms with van der Waals surface area (Å²) in [6.45, 7) is 2.33. The molecule has 2 aliphatic heterocycles. The van der Waals surface area contributed by atoms with Crippen molar-refractivity contribution < 1.29 is 18.2 Å². The van der Waals surface area contributed by atoms with Gasteiger partial charge in [-0.3, -0.25) is 9.13 Å². The molecule has 2 unspecified atom stereocenters. The van der Waals surface area contributed by atoms with Crippen LogP contribution in [-0.4, -0.2) is 20.4 Å². The average Bonchev–Trinajstić information content (AvgIpc) is 3.04. The van der Waals surface area contributed by atoms with E-state index in [1.165, 1.54) is 5.19 Å². The first-order valence-corrected chi connectivity index (χ1v) is 20.9. The van der Waals surface area contributed by atoms with Crippen LogP contribution in [0, 0.1) is 0 Å². The average molecular weight is 607 g/mol. The zero-order valence-corrected chi connectivity index (χ0v) is 26.3. The molecule has 7 heteroatoms. The van der Waals surface area contributed by atoms with E-state index >= 15 is 0 Å². The molecular formula is C35H32O4P2Si. The summed E-state index contributed by atoms with van der Waals surface area (Å²) in [7, 11) is -8.69. The summed E-state index contributed by atoms with van der Waals surface area (Å²) in [5, 5.41) is 2.85. The monoisotopic (exact) mass is 606 g/mol. The van der Waals surface area contributed by atoms with E-state index in [0.717, 1.165) is 45.0 Å². The smallest absolute Gasteiger partial charge is 0.277 e. The van der Waals surface area contributed by atoms with Crippen LogP contribution >= 0.6 is 14.7 Å². The van der Waals surface area contributed by atoms with E-state index in [9.17, 15) is 9.13 Å². The Kier molecular flexibility index (Phi) is 6.86. The summed E-state index contributed by atoms with van der Waals surface area (Å²) < 4.78 is 42.1. The number of rotatable bonds is 7. The third-order valence-electron chi connectivity index (χ3n) is 8.77. The minimum absolute atomic E-state index is 0.431. The van der Waals surface area contributed by atoms with Gasteiger partial charge in [-0.05, 0) is 47.5 Å². The highest BCUT2D eigenvalue weighted by Gasteiger charge is 2.42. The summed E-state index contributed by atoms with van der Waals surface area (Å²) in [4.78, 5) is 0. The second-order valence-corrected chi connectivity index (χ2v) is 21.0. The Morgan fingerprint density at radius 1 is 0.500 bits per heavy atom. The number of para-hydroxylation sites is 2. The van der Waals surface area contributed by atoms with Crippen LogP contribution in [0.4, 0.5) is 0 Å². The normalized spacial score (nSPS) is 21.4. The van der Waals surface area contributed by atoms with Crippen LogP contribution in [0.2, 0.25) is 18.6 Å². The zero-order valence-electron chi connectivity index (χ0n) is 23.5. The first-order chi connectivity index (χ1) is 20.4. The lowest BCUT2D eigenvalue weighted by molar-refractivity contribution is 0.492. The minimum Gasteiger partial charge on any atom is -0.439 e. The van der Waals surface area contributed by atoms with Gasteiger partial charge in [-0.25, -0.2) is 0 Å². The van der Waals surface area contributed by atoms with Gasteiger partial charge in [0.25, 0.3) is 14.7 Å². The van der Waals surface area contributed by atoms with Gasteiger partial charge in [0.05, 0.1) is 18.7 Å². The lowest BCUT2D eigenvalue weighted by Gasteiger charge is -2.35. The topological polar surface area (TPSA) is 52.6 Å². The Labute approximate surface area is 248 Å². The van der Waals surface area contributed by atoms with Crippen LogP contribution in [0.1, 0.15) is 0 Å². The van der Waals surface area contributed by atoms with Crippen molar-refractivity contribution in [2.75, 3.05) is 12.3 Å². The first kappa shape index (κ1) is 27.2. The van der Waals surface area contributed by atoms with Crippen molar-refractivity contribution in [3.05, 3.63) is 127 Å². The molecule has 0 saturated carbocycles. The lowest BCUT2D eigenvalue weighted by Crippen LogP contribution is -2.46. The Morgan fingerprint density at radius 3 is 1.36 bits per heavy atom. The van der Waals surface area contributed by atoms with E-state index in [-0.39, 0.29) is 0 Å². The molecular weight excluding hydrogens is 574 g/mol. The van der Waals surface area contributed by atoms with Gasteiger partial charge in [0.15, 0.2) is 0 Å². The van der Waals surface area contributed by atoms with Crippen LogP contribution in [0.15, 0.2) is 127 Å². The molecule has 4 nitrogen and oxygen atoms in total. The first-order valence-electron chi connectivity index (χ1n) is 14.4. The molecule has 2 heterocycles. The van der Waals surface area contributed by atoms with Crippen LogP contribution in [0.25, 0.3) is 22.3 Å². The van der Waals surface area contributed by atoms with Crippen LogP contribution in [-0.2, 0) is 9.13 Å². The predicted octanol–water partition coefficient (Wildman–Crippen LogP) is 8.30. The quantitative estimate of drug-likeness (QED) is 0.138. The molecule has 0 N–H and O–H groups in total. The molecule has 5 aromatic carbocycles. The lowest BCUT2D eigenvalue weighted by atomic mass is 10.0. The standard InChI is InChI=1S/C35H32O4P2Si/c1-42(27-13-3-2-4-14-27,25-23-40(36)34-21-11-7-17-30(34)28-15-5-9-19-32(28)38-40)26-24-41(37)35-22-12-8-18-31(35)29-16-6-10-20-33(29)39-41/h2-22H,23-26H2,1H3. The molecule has 0 aromatic heterocycles. The van der Waals surface area contributed by atoms with Crippen molar-refractivity contribution in [1.82, 2.24) is 0 Å². The van der Waals surface area contributed by atoms with E-state index in [4.69, 9.17) is 9.05 Å². The molecule has 7 rings (SSSR count). The molecule has 0 spiro atoms. The van der Waals surface area contributed by atoms with Crippen molar-refractivity contribution in [3.63, 3.8) is 0 Å². The Hall–Kier alpha value is -3.62. The molecule has 5 aromatic rings. The maximum atomic E-state index is 14.7. The summed E-state index contributed by atoms with van der Waals surface area (Å²) in [5.41, 5.74) is 3.94. The van der Waals surface area contributed by atoms with Crippen molar-refractivity contribution in [2.24, 2.45) is 0 Å². The predicted molar refractivity (Wildman–Crippen MR) is 177 cm³/mol. The molecule has 0 aliphatic carbocycles. The van der Waals surface area contributed by atoms with Crippen molar-refractivity contribution in [1.29, 1.82) is 0 Å². The van der Waals surface area contributed by atoms with E-state index in [0.29, 0.717) is 23.8 Å². The highest BCUT2D eigenvalue weighted by atomic mass is 31.2. The molecule has 0 bridgehead atoms. The van der Waals surface area contributed by atoms with Gasteiger partial charge in [-0.1, -0.05) is 115 Å². The molecule has 0 radical (unpaired) electrons. The molecule has 2 aliphatic rings. The maximum absolute atomic E-state index is 14.7. The van der Waals surface area contributed by atoms with Gasteiger partial charge in [-0.15, -0.1) is 0 Å². The van der Waals surface area contributed by atoms with Gasteiger partial charge in [-0.2, -0.15) is 0 Å². The maximum Gasteiger partial charge on any atom is 0.277 e. The van der Waals surface area contributed by atoms with Gasteiger partial charge < -0.3 is 9.05 Å². The third kappa shape index (κ3) is 4.70. The molecule has 210 valence electrons. The van der Waals surface area contributed by atoms with Gasteiger partial charge in [0.1, 0.15) is 11.5 Å². The van der Waals surface area contributed by atoms with Crippen LogP contribution in [0.5, 0.6) is 11.5 Å². The number of benzene rings is 5. The van der Waals surface area contributed by atoms with E-state index < -0.39 is 22.8 Å². The van der Waals surface area contributed by atoms with Crippen molar-refractivity contribution in [2.45, 2.75) is 18.6 Å². The fourth-order valence-electron chi connectivity index (χ4n) is 6.32. The molecule has 0 fully saturated rings. The summed E-state index contributed by atoms with van der Waals surface area (Å²) >= 11 is 0. The SMILES string of the molecule is C[Si](CCP1(=O)Oc2ccccc2-c2ccccc21)(CCP1(=O)Oc2ccccc2-c2ccccc21)c1ccccc1. The van der Waals surface area contributed by atoms with Gasteiger partial charge >= 0.3 is 0 Å². The number of hydrogen-bond donors (Lipinski definition) is 0. The summed E-state index contributed by atoms with van der Waals surface area (Å²) in [5.74, 6) is 1.36. The zero-order chi connectivity index (χ0) is 28.8. The second-order valence-electron chi connectivity index (χ2n) is 11.4. The minimum atomic E-state index is -3.19. The fraction of sp³-hybridized carbons (Fsp3) is 0.143. The van der Waals surface area contributed by atoms with E-state index in [1.54, 1.807) is 0 Å². The van der Waals surface area contributed by atoms with Crippen molar-refractivity contribution >= 4 is 38.6 Å².